The van der Waals surface area contributed by atoms with Crippen molar-refractivity contribution >= 4 is 11.9 Å². The van der Waals surface area contributed by atoms with Crippen LogP contribution < -0.4 is 5.32 Å². The third-order valence-corrected chi connectivity index (χ3v) is 3.82. The van der Waals surface area contributed by atoms with Crippen molar-refractivity contribution in [1.29, 1.82) is 0 Å². The molecule has 2 atom stereocenters. The molecule has 1 saturated carbocycles. The second-order valence-corrected chi connectivity index (χ2v) is 5.44. The Morgan fingerprint density at radius 1 is 1.23 bits per heavy atom. The van der Waals surface area contributed by atoms with Gasteiger partial charge in [-0.05, 0) is 30.9 Å². The number of nitrogens with one attached hydrogen (secondary N) is 1. The standard InChI is InChI=1S/C15H16F3NO3/c16-15(17,18)12-4-2-1-3-9(12)8-13(20)19-11-6-5-10(7-11)14(21)22/h1-4,10-11H,5-8H2,(H,19,20)(H,21,22)/t10-,11-/m1/s1. The predicted octanol–water partition coefficient (Wildman–Crippen LogP) is 2.62. The Kier molecular flexibility index (Phi) is 4.73. The number of alkyl halides is 3. The largest absolute Gasteiger partial charge is 0.481 e. The monoisotopic (exact) mass is 315 g/mol. The Morgan fingerprint density at radius 3 is 2.50 bits per heavy atom. The fourth-order valence-corrected chi connectivity index (χ4v) is 2.74. The lowest BCUT2D eigenvalue weighted by Gasteiger charge is -2.15. The van der Waals surface area contributed by atoms with Crippen molar-refractivity contribution in [2.45, 2.75) is 37.9 Å². The van der Waals surface area contributed by atoms with Crippen LogP contribution in [0.15, 0.2) is 24.3 Å². The van der Waals surface area contributed by atoms with Crippen LogP contribution in [0.1, 0.15) is 30.4 Å². The lowest BCUT2D eigenvalue weighted by Crippen LogP contribution is -2.34. The zero-order valence-electron chi connectivity index (χ0n) is 11.7. The summed E-state index contributed by atoms with van der Waals surface area (Å²) in [6.07, 6.45) is -3.55. The van der Waals surface area contributed by atoms with Gasteiger partial charge in [0.05, 0.1) is 17.9 Å². The van der Waals surface area contributed by atoms with Gasteiger partial charge in [-0.15, -0.1) is 0 Å². The van der Waals surface area contributed by atoms with Gasteiger partial charge >= 0.3 is 12.1 Å². The van der Waals surface area contributed by atoms with Crippen LogP contribution in [0.4, 0.5) is 13.2 Å². The Bertz CT molecular complexity index is 571. The van der Waals surface area contributed by atoms with Crippen molar-refractivity contribution < 1.29 is 27.9 Å². The molecule has 22 heavy (non-hydrogen) atoms. The number of halogens is 3. The van der Waals surface area contributed by atoms with Crippen LogP contribution in [-0.2, 0) is 22.2 Å². The summed E-state index contributed by atoms with van der Waals surface area (Å²) in [4.78, 5) is 22.7. The predicted molar refractivity (Wildman–Crippen MR) is 72.1 cm³/mol. The van der Waals surface area contributed by atoms with Gasteiger partial charge in [0.15, 0.2) is 0 Å². The number of carboxylic acid groups (broad SMARTS) is 1. The van der Waals surface area contributed by atoms with Crippen LogP contribution in [0, 0.1) is 5.92 Å². The Balaban J connectivity index is 1.98. The highest BCUT2D eigenvalue weighted by molar-refractivity contribution is 5.79. The minimum atomic E-state index is -4.50. The average molecular weight is 315 g/mol. The van der Waals surface area contributed by atoms with Gasteiger partial charge in [-0.25, -0.2) is 0 Å². The Morgan fingerprint density at radius 2 is 1.91 bits per heavy atom. The highest BCUT2D eigenvalue weighted by Crippen LogP contribution is 2.32. The quantitative estimate of drug-likeness (QED) is 0.897. The molecule has 2 N–H and O–H groups in total. The summed E-state index contributed by atoms with van der Waals surface area (Å²) in [7, 11) is 0. The molecule has 4 nitrogen and oxygen atoms in total. The van der Waals surface area contributed by atoms with Crippen molar-refractivity contribution in [3.05, 3.63) is 35.4 Å². The number of hydrogen-bond donors (Lipinski definition) is 2. The molecule has 1 aliphatic rings. The lowest BCUT2D eigenvalue weighted by molar-refractivity contribution is -0.142. The molecule has 2 rings (SSSR count). The van der Waals surface area contributed by atoms with E-state index in [2.05, 4.69) is 5.32 Å². The SMILES string of the molecule is O=C(Cc1ccccc1C(F)(F)F)N[C@@H]1CC[C@@H](C(=O)O)C1. The molecule has 0 heterocycles. The fraction of sp³-hybridized carbons (Fsp3) is 0.467. The molecule has 0 aromatic heterocycles. The first-order valence-electron chi connectivity index (χ1n) is 6.94. The van der Waals surface area contributed by atoms with Crippen LogP contribution in [0.3, 0.4) is 0 Å². The van der Waals surface area contributed by atoms with E-state index in [9.17, 15) is 22.8 Å². The van der Waals surface area contributed by atoms with Crippen molar-refractivity contribution in [2.24, 2.45) is 5.92 Å². The van der Waals surface area contributed by atoms with Gasteiger partial charge in [0, 0.05) is 6.04 Å². The van der Waals surface area contributed by atoms with Gasteiger partial charge in [-0.1, -0.05) is 18.2 Å². The zero-order chi connectivity index (χ0) is 16.3. The summed E-state index contributed by atoms with van der Waals surface area (Å²) in [5.41, 5.74) is -0.903. The van der Waals surface area contributed by atoms with Crippen LogP contribution >= 0.6 is 0 Å². The normalized spacial score (nSPS) is 21.6. The van der Waals surface area contributed by atoms with E-state index in [-0.39, 0.29) is 18.0 Å². The Hall–Kier alpha value is -2.05. The molecule has 0 saturated heterocycles. The van der Waals surface area contributed by atoms with E-state index in [1.807, 2.05) is 0 Å². The number of hydrogen-bond acceptors (Lipinski definition) is 2. The van der Waals surface area contributed by atoms with Crippen LogP contribution in [0.25, 0.3) is 0 Å². The number of benzene rings is 1. The van der Waals surface area contributed by atoms with Crippen LogP contribution in [-0.4, -0.2) is 23.0 Å². The Labute approximate surface area is 125 Å². The fourth-order valence-electron chi connectivity index (χ4n) is 2.74. The van der Waals surface area contributed by atoms with E-state index in [0.717, 1.165) is 6.07 Å². The van der Waals surface area contributed by atoms with Gasteiger partial charge in [-0.3, -0.25) is 9.59 Å². The molecule has 0 radical (unpaired) electrons. The highest BCUT2D eigenvalue weighted by Gasteiger charge is 2.34. The van der Waals surface area contributed by atoms with Crippen LogP contribution in [0.2, 0.25) is 0 Å². The van der Waals surface area contributed by atoms with Crippen molar-refractivity contribution in [3.8, 4) is 0 Å². The molecular formula is C15H16F3NO3. The van der Waals surface area contributed by atoms with Gasteiger partial charge in [0.2, 0.25) is 5.91 Å². The summed E-state index contributed by atoms with van der Waals surface area (Å²) in [6, 6.07) is 4.66. The van der Waals surface area contributed by atoms with Crippen LogP contribution in [0.5, 0.6) is 0 Å². The molecule has 1 aromatic carbocycles. The van der Waals surface area contributed by atoms with Gasteiger partial charge < -0.3 is 10.4 Å². The molecule has 7 heteroatoms. The summed E-state index contributed by atoms with van der Waals surface area (Å²) < 4.78 is 38.5. The minimum absolute atomic E-state index is 0.0831. The summed E-state index contributed by atoms with van der Waals surface area (Å²) >= 11 is 0. The molecule has 1 fully saturated rings. The average Bonchev–Trinajstić information content (AvgIpc) is 2.86. The molecule has 0 aliphatic heterocycles. The summed E-state index contributed by atoms with van der Waals surface area (Å²) in [5, 5.41) is 11.5. The zero-order valence-corrected chi connectivity index (χ0v) is 11.7. The molecule has 0 unspecified atom stereocenters. The van der Waals surface area contributed by atoms with E-state index in [0.29, 0.717) is 19.3 Å². The lowest BCUT2D eigenvalue weighted by atomic mass is 10.0. The summed E-state index contributed by atoms with van der Waals surface area (Å²) in [6.45, 7) is 0. The maximum absolute atomic E-state index is 12.8. The number of carbonyl (C=O) groups excluding carboxylic acids is 1. The van der Waals surface area contributed by atoms with Gasteiger partial charge in [0.1, 0.15) is 0 Å². The van der Waals surface area contributed by atoms with E-state index < -0.39 is 29.5 Å². The third-order valence-electron chi connectivity index (χ3n) is 3.82. The van der Waals surface area contributed by atoms with Gasteiger partial charge in [0.25, 0.3) is 0 Å². The molecule has 0 spiro atoms. The number of carboxylic acids is 1. The number of amides is 1. The first-order chi connectivity index (χ1) is 10.3. The maximum atomic E-state index is 12.8. The summed E-state index contributed by atoms with van der Waals surface area (Å²) in [5.74, 6) is -1.92. The second-order valence-electron chi connectivity index (χ2n) is 5.44. The van der Waals surface area contributed by atoms with Crippen molar-refractivity contribution in [1.82, 2.24) is 5.32 Å². The van der Waals surface area contributed by atoms with E-state index >= 15 is 0 Å². The second kappa shape index (κ2) is 6.37. The third kappa shape index (κ3) is 3.99. The molecule has 0 bridgehead atoms. The first-order valence-corrected chi connectivity index (χ1v) is 6.94. The molecule has 1 aliphatic carbocycles. The smallest absolute Gasteiger partial charge is 0.416 e. The topological polar surface area (TPSA) is 66.4 Å². The first kappa shape index (κ1) is 16.3. The maximum Gasteiger partial charge on any atom is 0.416 e. The molecular weight excluding hydrogens is 299 g/mol. The van der Waals surface area contributed by atoms with Gasteiger partial charge in [-0.2, -0.15) is 13.2 Å². The van der Waals surface area contributed by atoms with E-state index in [1.54, 1.807) is 0 Å². The number of rotatable bonds is 4. The molecule has 120 valence electrons. The highest BCUT2D eigenvalue weighted by atomic mass is 19.4. The van der Waals surface area contributed by atoms with Crippen molar-refractivity contribution in [2.75, 3.05) is 0 Å². The van der Waals surface area contributed by atoms with E-state index in [4.69, 9.17) is 5.11 Å². The molecule has 1 amide bonds. The van der Waals surface area contributed by atoms with E-state index in [1.165, 1.54) is 18.2 Å². The van der Waals surface area contributed by atoms with Crippen molar-refractivity contribution in [3.63, 3.8) is 0 Å². The molecule has 1 aromatic rings. The number of aliphatic carboxylic acids is 1. The number of carbonyl (C=O) groups is 2. The minimum Gasteiger partial charge on any atom is -0.481 e.